The summed E-state index contributed by atoms with van der Waals surface area (Å²) in [7, 11) is 0. The van der Waals surface area contributed by atoms with Crippen molar-refractivity contribution in [2.75, 3.05) is 26.3 Å². The van der Waals surface area contributed by atoms with Gasteiger partial charge in [-0.05, 0) is 36.0 Å². The second kappa shape index (κ2) is 6.71. The van der Waals surface area contributed by atoms with E-state index in [2.05, 4.69) is 12.2 Å². The zero-order valence-corrected chi connectivity index (χ0v) is 12.1. The number of halogens is 1. The van der Waals surface area contributed by atoms with E-state index >= 15 is 0 Å². The van der Waals surface area contributed by atoms with Crippen LogP contribution in [0.1, 0.15) is 31.4 Å². The molecular formula is C15H22ClNO2. The van der Waals surface area contributed by atoms with Crippen molar-refractivity contribution in [3.05, 3.63) is 34.9 Å². The van der Waals surface area contributed by atoms with Gasteiger partial charge in [0.15, 0.2) is 0 Å². The van der Waals surface area contributed by atoms with Crippen molar-refractivity contribution in [2.24, 2.45) is 5.41 Å². The highest BCUT2D eigenvalue weighted by atomic mass is 35.5. The van der Waals surface area contributed by atoms with Crippen LogP contribution in [0.3, 0.4) is 0 Å². The van der Waals surface area contributed by atoms with E-state index < -0.39 is 6.10 Å². The van der Waals surface area contributed by atoms with Gasteiger partial charge in [-0.25, -0.2) is 0 Å². The molecule has 2 rings (SSSR count). The number of aliphatic hydroxyl groups excluding tert-OH is 1. The molecule has 3 nitrogen and oxygen atoms in total. The number of ether oxygens (including phenoxy) is 1. The van der Waals surface area contributed by atoms with Crippen molar-refractivity contribution >= 4 is 11.6 Å². The van der Waals surface area contributed by atoms with Crippen molar-refractivity contribution in [1.29, 1.82) is 0 Å². The van der Waals surface area contributed by atoms with Gasteiger partial charge in [0.1, 0.15) is 0 Å². The summed E-state index contributed by atoms with van der Waals surface area (Å²) in [5.74, 6) is 0. The number of aliphatic hydroxyl groups is 1. The van der Waals surface area contributed by atoms with Gasteiger partial charge in [0.2, 0.25) is 0 Å². The highest BCUT2D eigenvalue weighted by molar-refractivity contribution is 6.30. The fourth-order valence-corrected chi connectivity index (χ4v) is 2.48. The van der Waals surface area contributed by atoms with E-state index in [-0.39, 0.29) is 5.41 Å². The molecule has 0 radical (unpaired) electrons. The number of hydrogen-bond acceptors (Lipinski definition) is 3. The maximum atomic E-state index is 10.1. The minimum absolute atomic E-state index is 0.290. The lowest BCUT2D eigenvalue weighted by atomic mass is 9.82. The van der Waals surface area contributed by atoms with Crippen molar-refractivity contribution in [3.8, 4) is 0 Å². The summed E-state index contributed by atoms with van der Waals surface area (Å²) in [4.78, 5) is 0. The number of nitrogens with one attached hydrogen (secondary N) is 1. The average molecular weight is 284 g/mol. The summed E-state index contributed by atoms with van der Waals surface area (Å²) < 4.78 is 5.38. The van der Waals surface area contributed by atoms with Crippen molar-refractivity contribution in [1.82, 2.24) is 5.32 Å². The van der Waals surface area contributed by atoms with Gasteiger partial charge in [0, 0.05) is 31.3 Å². The monoisotopic (exact) mass is 283 g/mol. The maximum absolute atomic E-state index is 10.1. The van der Waals surface area contributed by atoms with Crippen LogP contribution in [0, 0.1) is 5.41 Å². The van der Waals surface area contributed by atoms with Crippen LogP contribution < -0.4 is 5.32 Å². The van der Waals surface area contributed by atoms with Gasteiger partial charge in [0.25, 0.3) is 0 Å². The van der Waals surface area contributed by atoms with E-state index in [0.29, 0.717) is 11.6 Å². The van der Waals surface area contributed by atoms with Crippen LogP contribution in [0.15, 0.2) is 24.3 Å². The third kappa shape index (κ3) is 4.46. The maximum Gasteiger partial charge on any atom is 0.0914 e. The van der Waals surface area contributed by atoms with Gasteiger partial charge in [-0.3, -0.25) is 0 Å². The minimum Gasteiger partial charge on any atom is -0.387 e. The number of hydrogen-bond donors (Lipinski definition) is 2. The van der Waals surface area contributed by atoms with Crippen LogP contribution in [0.5, 0.6) is 0 Å². The fourth-order valence-electron chi connectivity index (χ4n) is 2.35. The molecule has 1 fully saturated rings. The average Bonchev–Trinajstić information content (AvgIpc) is 2.40. The van der Waals surface area contributed by atoms with Gasteiger partial charge in [-0.2, -0.15) is 0 Å². The third-order valence-corrected chi connectivity index (χ3v) is 4.10. The molecule has 0 aromatic heterocycles. The van der Waals surface area contributed by atoms with Gasteiger partial charge >= 0.3 is 0 Å². The third-order valence-electron chi connectivity index (χ3n) is 3.84. The van der Waals surface area contributed by atoms with Crippen molar-refractivity contribution in [3.63, 3.8) is 0 Å². The lowest BCUT2D eigenvalue weighted by Crippen LogP contribution is -2.38. The first kappa shape index (κ1) is 14.8. The fraction of sp³-hybridized carbons (Fsp3) is 0.600. The quantitative estimate of drug-likeness (QED) is 0.873. The molecule has 0 saturated carbocycles. The molecule has 0 spiro atoms. The number of benzene rings is 1. The molecular weight excluding hydrogens is 262 g/mol. The molecule has 19 heavy (non-hydrogen) atoms. The van der Waals surface area contributed by atoms with Crippen molar-refractivity contribution < 1.29 is 9.84 Å². The predicted octanol–water partition coefficient (Wildman–Crippen LogP) is 2.78. The van der Waals surface area contributed by atoms with Crippen LogP contribution in [0.25, 0.3) is 0 Å². The largest absolute Gasteiger partial charge is 0.387 e. The Bertz CT molecular complexity index is 388. The minimum atomic E-state index is -0.485. The molecule has 1 aliphatic heterocycles. The predicted molar refractivity (Wildman–Crippen MR) is 77.4 cm³/mol. The summed E-state index contributed by atoms with van der Waals surface area (Å²) in [5, 5.41) is 14.2. The Labute approximate surface area is 119 Å². The van der Waals surface area contributed by atoms with Gasteiger partial charge < -0.3 is 15.2 Å². The topological polar surface area (TPSA) is 41.5 Å². The summed E-state index contributed by atoms with van der Waals surface area (Å²) in [6.07, 6.45) is 1.68. The lowest BCUT2D eigenvalue weighted by Gasteiger charge is -2.34. The zero-order valence-electron chi connectivity index (χ0n) is 11.4. The van der Waals surface area contributed by atoms with E-state index in [1.807, 2.05) is 12.1 Å². The molecule has 2 N–H and O–H groups in total. The Morgan fingerprint density at radius 2 is 1.95 bits per heavy atom. The first-order valence-electron chi connectivity index (χ1n) is 6.81. The summed E-state index contributed by atoms with van der Waals surface area (Å²) >= 11 is 5.83. The smallest absolute Gasteiger partial charge is 0.0914 e. The normalized spacial score (nSPS) is 20.2. The van der Waals surface area contributed by atoms with Gasteiger partial charge in [0.05, 0.1) is 6.10 Å². The van der Waals surface area contributed by atoms with Crippen LogP contribution in [0.2, 0.25) is 5.02 Å². The van der Waals surface area contributed by atoms with E-state index in [1.165, 1.54) is 0 Å². The molecule has 4 heteroatoms. The van der Waals surface area contributed by atoms with E-state index in [0.717, 1.165) is 38.2 Å². The van der Waals surface area contributed by atoms with Crippen LogP contribution >= 0.6 is 11.6 Å². The second-order valence-corrected chi connectivity index (χ2v) is 6.06. The number of rotatable bonds is 5. The molecule has 0 amide bonds. The van der Waals surface area contributed by atoms with Crippen molar-refractivity contribution in [2.45, 2.75) is 25.9 Å². The first-order chi connectivity index (χ1) is 9.09. The Hall–Kier alpha value is -0.610. The molecule has 1 saturated heterocycles. The first-order valence-corrected chi connectivity index (χ1v) is 7.19. The second-order valence-electron chi connectivity index (χ2n) is 5.62. The Balaban J connectivity index is 1.77. The molecule has 0 aliphatic carbocycles. The Morgan fingerprint density at radius 1 is 1.32 bits per heavy atom. The van der Waals surface area contributed by atoms with Crippen LogP contribution in [-0.2, 0) is 4.74 Å². The summed E-state index contributed by atoms with van der Waals surface area (Å²) in [6.45, 7) is 5.45. The lowest BCUT2D eigenvalue weighted by molar-refractivity contribution is 0.0227. The van der Waals surface area contributed by atoms with Crippen LogP contribution in [0.4, 0.5) is 0 Å². The van der Waals surface area contributed by atoms with E-state index in [4.69, 9.17) is 16.3 Å². The highest BCUT2D eigenvalue weighted by Crippen LogP contribution is 2.28. The molecule has 1 aromatic rings. The molecule has 0 bridgehead atoms. The van der Waals surface area contributed by atoms with Gasteiger partial charge in [-0.15, -0.1) is 0 Å². The SMILES string of the molecule is CC1(CNCC(O)c2ccc(Cl)cc2)CCOCC1. The molecule has 1 aromatic carbocycles. The molecule has 1 heterocycles. The van der Waals surface area contributed by atoms with Crippen LogP contribution in [-0.4, -0.2) is 31.4 Å². The molecule has 106 valence electrons. The molecule has 1 unspecified atom stereocenters. The van der Waals surface area contributed by atoms with E-state index in [1.54, 1.807) is 12.1 Å². The highest BCUT2D eigenvalue weighted by Gasteiger charge is 2.26. The standard InChI is InChI=1S/C15H22ClNO2/c1-15(6-8-19-9-7-15)11-17-10-14(18)12-2-4-13(16)5-3-12/h2-5,14,17-18H,6-11H2,1H3. The Morgan fingerprint density at radius 3 is 2.58 bits per heavy atom. The zero-order chi connectivity index (χ0) is 13.7. The molecule has 1 aliphatic rings. The van der Waals surface area contributed by atoms with Gasteiger partial charge in [-0.1, -0.05) is 30.7 Å². The Kier molecular flexibility index (Phi) is 5.22. The molecule has 1 atom stereocenters. The van der Waals surface area contributed by atoms with E-state index in [9.17, 15) is 5.11 Å². The summed E-state index contributed by atoms with van der Waals surface area (Å²) in [5.41, 5.74) is 1.19. The summed E-state index contributed by atoms with van der Waals surface area (Å²) in [6, 6.07) is 7.34.